The number of halogens is 1. The number of nitrogens with zero attached hydrogens (tertiary/aromatic N) is 4. The number of aromatic amines is 1. The maximum absolute atomic E-state index is 14.9. The number of pyridine rings is 2. The van der Waals surface area contributed by atoms with Crippen LogP contribution in [0.25, 0.3) is 33.1 Å². The van der Waals surface area contributed by atoms with E-state index in [1.54, 1.807) is 36.9 Å². The number of hydrogen-bond acceptors (Lipinski definition) is 6. The number of hydrogen-bond donors (Lipinski definition) is 2. The molecule has 5 rings (SSSR count). The smallest absolute Gasteiger partial charge is 0.150 e. The van der Waals surface area contributed by atoms with Crippen LogP contribution in [0.1, 0.15) is 0 Å². The number of nitrogens with one attached hydrogen (secondary N) is 2. The third kappa shape index (κ3) is 4.20. The molecule has 0 amide bonds. The van der Waals surface area contributed by atoms with Gasteiger partial charge in [0.15, 0.2) is 0 Å². The summed E-state index contributed by atoms with van der Waals surface area (Å²) in [5.74, 6) is 1.33. The first kappa shape index (κ1) is 20.8. The van der Waals surface area contributed by atoms with Crippen molar-refractivity contribution in [3.05, 3.63) is 73.1 Å². The Morgan fingerprint density at radius 1 is 1.06 bits per heavy atom. The molecule has 0 aliphatic rings. The highest BCUT2D eigenvalue weighted by molar-refractivity contribution is 6.13. The summed E-state index contributed by atoms with van der Waals surface area (Å²) in [6, 6.07) is 12.6. The van der Waals surface area contributed by atoms with Gasteiger partial charge in [-0.15, -0.1) is 0 Å². The van der Waals surface area contributed by atoms with Gasteiger partial charge in [-0.05, 0) is 38.4 Å². The van der Waals surface area contributed by atoms with Gasteiger partial charge in [0.05, 0.1) is 11.2 Å². The summed E-state index contributed by atoms with van der Waals surface area (Å²) in [5.41, 5.74) is 1.92. The quantitative estimate of drug-likeness (QED) is 0.346. The summed E-state index contributed by atoms with van der Waals surface area (Å²) in [5, 5.41) is 5.89. The average Bonchev–Trinajstić information content (AvgIpc) is 3.35. The van der Waals surface area contributed by atoms with Crippen molar-refractivity contribution in [2.24, 2.45) is 0 Å². The molecule has 8 heteroatoms. The Labute approximate surface area is 190 Å². The lowest BCUT2D eigenvalue weighted by molar-refractivity contribution is 0.260. The van der Waals surface area contributed by atoms with E-state index in [1.807, 2.05) is 43.3 Å². The van der Waals surface area contributed by atoms with Crippen molar-refractivity contribution in [1.82, 2.24) is 24.8 Å². The second kappa shape index (κ2) is 8.84. The normalized spacial score (nSPS) is 11.4. The number of ether oxygens (including phenoxy) is 1. The van der Waals surface area contributed by atoms with Crippen molar-refractivity contribution in [3.8, 4) is 17.1 Å². The molecule has 0 saturated heterocycles. The van der Waals surface area contributed by atoms with E-state index < -0.39 is 5.82 Å². The Morgan fingerprint density at radius 3 is 2.76 bits per heavy atom. The van der Waals surface area contributed by atoms with E-state index in [2.05, 4.69) is 20.3 Å². The van der Waals surface area contributed by atoms with Crippen molar-refractivity contribution in [2.75, 3.05) is 32.6 Å². The fourth-order valence-electron chi connectivity index (χ4n) is 3.73. The molecule has 0 unspecified atom stereocenters. The number of anilines is 2. The van der Waals surface area contributed by atoms with E-state index >= 15 is 0 Å². The maximum atomic E-state index is 14.9. The van der Waals surface area contributed by atoms with Crippen LogP contribution in [0.5, 0.6) is 5.75 Å². The van der Waals surface area contributed by atoms with Crippen molar-refractivity contribution < 1.29 is 9.13 Å². The van der Waals surface area contributed by atoms with E-state index in [1.165, 1.54) is 6.07 Å². The van der Waals surface area contributed by atoms with Crippen LogP contribution in [0.15, 0.2) is 67.3 Å². The first-order valence-corrected chi connectivity index (χ1v) is 10.6. The van der Waals surface area contributed by atoms with Gasteiger partial charge in [-0.2, -0.15) is 0 Å². The average molecular weight is 442 g/mol. The monoisotopic (exact) mass is 442 g/mol. The standard InChI is InChI=1S/C25H23FN6O/c1-32(2)12-13-33-16-6-7-22(21(26)14-16)30-25-18-8-9-27-15-20(18)17-4-3-5-19(23(17)31-25)24-28-10-11-29-24/h3-11,14-15H,12-13H2,1-2H3,(H,28,29)(H,30,31). The molecule has 0 spiro atoms. The summed E-state index contributed by atoms with van der Waals surface area (Å²) < 4.78 is 20.6. The summed E-state index contributed by atoms with van der Waals surface area (Å²) in [6.45, 7) is 1.24. The molecule has 7 nitrogen and oxygen atoms in total. The Kier molecular flexibility index (Phi) is 5.58. The third-order valence-electron chi connectivity index (χ3n) is 5.38. The highest BCUT2D eigenvalue weighted by Gasteiger charge is 2.15. The van der Waals surface area contributed by atoms with Crippen molar-refractivity contribution in [2.45, 2.75) is 0 Å². The number of fused-ring (bicyclic) bond motifs is 3. The Morgan fingerprint density at radius 2 is 1.97 bits per heavy atom. The number of benzene rings is 2. The predicted octanol–water partition coefficient (Wildman–Crippen LogP) is 5.00. The minimum absolute atomic E-state index is 0.315. The molecule has 0 saturated carbocycles. The number of para-hydroxylation sites is 1. The van der Waals surface area contributed by atoms with Crippen LogP contribution in [0.4, 0.5) is 15.9 Å². The van der Waals surface area contributed by atoms with Crippen LogP contribution in [0.2, 0.25) is 0 Å². The van der Waals surface area contributed by atoms with Gasteiger partial charge in [0.2, 0.25) is 0 Å². The minimum atomic E-state index is -0.416. The number of rotatable bonds is 7. The fraction of sp³-hybridized carbons (Fsp3) is 0.160. The number of likely N-dealkylation sites (N-methyl/N-ethyl adjacent to an activating group) is 1. The molecule has 0 radical (unpaired) electrons. The zero-order valence-corrected chi connectivity index (χ0v) is 18.3. The molecular weight excluding hydrogens is 419 g/mol. The molecule has 166 valence electrons. The van der Waals surface area contributed by atoms with Gasteiger partial charge in [-0.1, -0.05) is 12.1 Å². The van der Waals surface area contributed by atoms with Gasteiger partial charge in [0, 0.05) is 59.1 Å². The molecule has 0 aliphatic heterocycles. The van der Waals surface area contributed by atoms with Crippen LogP contribution in [-0.4, -0.2) is 52.1 Å². The predicted molar refractivity (Wildman–Crippen MR) is 128 cm³/mol. The first-order chi connectivity index (χ1) is 16.1. The van der Waals surface area contributed by atoms with E-state index in [0.717, 1.165) is 33.8 Å². The number of imidazole rings is 1. The van der Waals surface area contributed by atoms with E-state index in [9.17, 15) is 4.39 Å². The van der Waals surface area contributed by atoms with Gasteiger partial charge < -0.3 is 19.9 Å². The van der Waals surface area contributed by atoms with Crippen LogP contribution >= 0.6 is 0 Å². The van der Waals surface area contributed by atoms with E-state index in [4.69, 9.17) is 9.72 Å². The molecule has 0 aliphatic carbocycles. The Balaban J connectivity index is 1.56. The lowest BCUT2D eigenvalue weighted by Crippen LogP contribution is -2.19. The number of H-pyrrole nitrogens is 1. The third-order valence-corrected chi connectivity index (χ3v) is 5.38. The molecule has 0 atom stereocenters. The molecular formula is C25H23FN6O. The first-order valence-electron chi connectivity index (χ1n) is 10.6. The molecule has 5 aromatic rings. The second-order valence-corrected chi connectivity index (χ2v) is 7.94. The lowest BCUT2D eigenvalue weighted by Gasteiger charge is -2.15. The Bertz CT molecular complexity index is 1420. The molecule has 0 bridgehead atoms. The van der Waals surface area contributed by atoms with E-state index in [0.29, 0.717) is 29.7 Å². The minimum Gasteiger partial charge on any atom is -0.492 e. The molecule has 3 heterocycles. The largest absolute Gasteiger partial charge is 0.492 e. The van der Waals surface area contributed by atoms with Crippen molar-refractivity contribution in [3.63, 3.8) is 0 Å². The van der Waals surface area contributed by atoms with Gasteiger partial charge in [-0.25, -0.2) is 14.4 Å². The molecule has 33 heavy (non-hydrogen) atoms. The highest BCUT2D eigenvalue weighted by atomic mass is 19.1. The van der Waals surface area contributed by atoms with Gasteiger partial charge >= 0.3 is 0 Å². The maximum Gasteiger partial charge on any atom is 0.150 e. The van der Waals surface area contributed by atoms with Crippen molar-refractivity contribution in [1.29, 1.82) is 0 Å². The van der Waals surface area contributed by atoms with Crippen molar-refractivity contribution >= 4 is 33.2 Å². The number of aromatic nitrogens is 4. The van der Waals surface area contributed by atoms with Gasteiger partial charge in [-0.3, -0.25) is 4.98 Å². The van der Waals surface area contributed by atoms with Crippen LogP contribution < -0.4 is 10.1 Å². The summed E-state index contributed by atoms with van der Waals surface area (Å²) in [7, 11) is 3.93. The second-order valence-electron chi connectivity index (χ2n) is 7.94. The zero-order valence-electron chi connectivity index (χ0n) is 18.3. The topological polar surface area (TPSA) is 79.0 Å². The zero-order chi connectivity index (χ0) is 22.8. The SMILES string of the molecule is CN(C)CCOc1ccc(Nc2nc3c(-c4ncc[nH]4)cccc3c3cnccc23)c(F)c1. The van der Waals surface area contributed by atoms with Gasteiger partial charge in [0.25, 0.3) is 0 Å². The van der Waals surface area contributed by atoms with Crippen LogP contribution in [0.3, 0.4) is 0 Å². The molecule has 0 fully saturated rings. The lowest BCUT2D eigenvalue weighted by atomic mass is 10.0. The van der Waals surface area contributed by atoms with E-state index in [-0.39, 0.29) is 0 Å². The van der Waals surface area contributed by atoms with Gasteiger partial charge in [0.1, 0.15) is 29.8 Å². The van der Waals surface area contributed by atoms with Crippen LogP contribution in [-0.2, 0) is 0 Å². The highest BCUT2D eigenvalue weighted by Crippen LogP contribution is 2.35. The summed E-state index contributed by atoms with van der Waals surface area (Å²) in [6.07, 6.45) is 6.98. The molecule has 2 N–H and O–H groups in total. The molecule has 2 aromatic carbocycles. The van der Waals surface area contributed by atoms with Crippen LogP contribution in [0, 0.1) is 5.82 Å². The summed E-state index contributed by atoms with van der Waals surface area (Å²) >= 11 is 0. The fourth-order valence-corrected chi connectivity index (χ4v) is 3.73. The Hall–Kier alpha value is -4.04. The molecule has 3 aromatic heterocycles. The summed E-state index contributed by atoms with van der Waals surface area (Å²) in [4.78, 5) is 18.7.